The summed E-state index contributed by atoms with van der Waals surface area (Å²) in [6.45, 7) is 0.549. The Morgan fingerprint density at radius 2 is 2.16 bits per heavy atom. The molecule has 3 fully saturated rings. The average Bonchev–Trinajstić information content (AvgIpc) is 3.44. The third-order valence-electron chi connectivity index (χ3n) is 6.00. The number of fused-ring (bicyclic) bond motifs is 2. The van der Waals surface area contributed by atoms with E-state index in [9.17, 15) is 13.2 Å². The Bertz CT molecular complexity index is 991. The lowest BCUT2D eigenvalue weighted by Crippen LogP contribution is -2.38. The van der Waals surface area contributed by atoms with Crippen LogP contribution in [-0.2, 0) is 4.74 Å². The minimum Gasteiger partial charge on any atom is -0.431 e. The molecule has 0 spiro atoms. The van der Waals surface area contributed by atoms with Crippen LogP contribution in [0.2, 0.25) is 0 Å². The first-order valence-corrected chi connectivity index (χ1v) is 10.2. The van der Waals surface area contributed by atoms with Gasteiger partial charge in [-0.2, -0.15) is 13.8 Å². The maximum Gasteiger partial charge on any atom is 0.387 e. The van der Waals surface area contributed by atoms with Crippen molar-refractivity contribution >= 4 is 17.6 Å². The third-order valence-corrected chi connectivity index (χ3v) is 6.00. The topological polar surface area (TPSA) is 89.6 Å². The molecule has 3 atom stereocenters. The highest BCUT2D eigenvalue weighted by atomic mass is 19.3. The molecule has 0 aromatic carbocycles. The normalized spacial score (nSPS) is 27.5. The van der Waals surface area contributed by atoms with Crippen LogP contribution in [0.4, 0.5) is 30.8 Å². The summed E-state index contributed by atoms with van der Waals surface area (Å²) in [4.78, 5) is 17.3. The van der Waals surface area contributed by atoms with Gasteiger partial charge in [-0.25, -0.2) is 14.4 Å². The minimum absolute atomic E-state index is 0.139. The van der Waals surface area contributed by atoms with Crippen LogP contribution in [0.1, 0.15) is 19.8 Å². The van der Waals surface area contributed by atoms with E-state index < -0.39 is 12.3 Å². The van der Waals surface area contributed by atoms with Gasteiger partial charge in [0, 0.05) is 37.3 Å². The molecule has 8 nitrogen and oxygen atoms in total. The molecule has 166 valence electrons. The molecule has 11 heteroatoms. The zero-order chi connectivity index (χ0) is 21.8. The fourth-order valence-electron chi connectivity index (χ4n) is 4.42. The molecule has 0 unspecified atom stereocenters. The van der Waals surface area contributed by atoms with Gasteiger partial charge in [0.05, 0.1) is 31.0 Å². The number of ether oxygens (including phenoxy) is 2. The SMILES string of the molecule is C[C@]1(F)CCN(c2nc(-c3cnc(N)c(OC(F)F)c3)cc(N3C[C@@H]4C[C@H]3CO4)n2)C1. The van der Waals surface area contributed by atoms with E-state index in [0.29, 0.717) is 49.1 Å². The van der Waals surface area contributed by atoms with E-state index in [2.05, 4.69) is 19.6 Å². The first kappa shape index (κ1) is 20.1. The van der Waals surface area contributed by atoms with Gasteiger partial charge >= 0.3 is 6.61 Å². The molecular formula is C20H23F3N6O2. The molecule has 5 rings (SSSR count). The number of anilines is 3. The number of aromatic nitrogens is 3. The Balaban J connectivity index is 1.55. The average molecular weight is 436 g/mol. The smallest absolute Gasteiger partial charge is 0.387 e. The van der Waals surface area contributed by atoms with E-state index in [-0.39, 0.29) is 30.3 Å². The number of rotatable bonds is 5. The summed E-state index contributed by atoms with van der Waals surface area (Å²) in [6.07, 6.45) is 2.92. The summed E-state index contributed by atoms with van der Waals surface area (Å²) in [6, 6.07) is 3.38. The highest BCUT2D eigenvalue weighted by Crippen LogP contribution is 2.36. The van der Waals surface area contributed by atoms with Gasteiger partial charge in [0.1, 0.15) is 11.5 Å². The second-order valence-corrected chi connectivity index (χ2v) is 8.48. The Labute approximate surface area is 177 Å². The molecule has 0 aliphatic carbocycles. The maximum atomic E-state index is 14.5. The van der Waals surface area contributed by atoms with E-state index in [4.69, 9.17) is 15.5 Å². The van der Waals surface area contributed by atoms with Crippen LogP contribution in [0.3, 0.4) is 0 Å². The second kappa shape index (κ2) is 7.40. The van der Waals surface area contributed by atoms with Crippen LogP contribution in [0, 0.1) is 0 Å². The van der Waals surface area contributed by atoms with Crippen LogP contribution in [0.15, 0.2) is 18.3 Å². The van der Waals surface area contributed by atoms with Crippen molar-refractivity contribution in [1.82, 2.24) is 15.0 Å². The molecular weight excluding hydrogens is 413 g/mol. The van der Waals surface area contributed by atoms with Gasteiger partial charge < -0.3 is 25.0 Å². The van der Waals surface area contributed by atoms with Crippen molar-refractivity contribution in [2.75, 3.05) is 41.8 Å². The lowest BCUT2D eigenvalue weighted by Gasteiger charge is -2.29. The minimum atomic E-state index is -3.03. The van der Waals surface area contributed by atoms with Gasteiger partial charge in [0.2, 0.25) is 5.95 Å². The number of pyridine rings is 1. The molecule has 2 aromatic heterocycles. The molecule has 31 heavy (non-hydrogen) atoms. The lowest BCUT2D eigenvalue weighted by atomic mass is 10.1. The molecule has 0 saturated carbocycles. The Kier molecular flexibility index (Phi) is 4.80. The molecule has 3 aliphatic rings. The molecule has 5 heterocycles. The number of nitrogen functional groups attached to an aromatic ring is 1. The van der Waals surface area contributed by atoms with Crippen molar-refractivity contribution in [2.45, 2.75) is 44.2 Å². The van der Waals surface area contributed by atoms with Crippen LogP contribution in [-0.4, -0.2) is 65.6 Å². The van der Waals surface area contributed by atoms with Gasteiger partial charge in [-0.1, -0.05) is 0 Å². The highest BCUT2D eigenvalue weighted by molar-refractivity contribution is 5.68. The van der Waals surface area contributed by atoms with E-state index >= 15 is 0 Å². The first-order valence-electron chi connectivity index (χ1n) is 10.2. The van der Waals surface area contributed by atoms with E-state index in [1.54, 1.807) is 17.9 Å². The van der Waals surface area contributed by atoms with Gasteiger partial charge in [-0.3, -0.25) is 0 Å². The summed E-state index contributed by atoms with van der Waals surface area (Å²) in [5, 5.41) is 0. The molecule has 3 saturated heterocycles. The third kappa shape index (κ3) is 3.93. The first-order chi connectivity index (χ1) is 14.8. The number of alkyl halides is 3. The summed E-state index contributed by atoms with van der Waals surface area (Å²) >= 11 is 0. The van der Waals surface area contributed by atoms with Crippen LogP contribution in [0.5, 0.6) is 5.75 Å². The summed E-state index contributed by atoms with van der Waals surface area (Å²) < 4.78 is 50.1. The van der Waals surface area contributed by atoms with Gasteiger partial charge in [0.25, 0.3) is 0 Å². The molecule has 2 N–H and O–H groups in total. The standard InChI is InChI=1S/C20H23F3N6O2/c1-20(23)2-3-28(10-20)19-26-14(11-4-15(31-18(21)22)17(24)25-7-11)6-16(27-19)29-8-13-5-12(29)9-30-13/h4,6-7,12-13,18H,2-3,5,8-10H2,1H3,(H2,24,25)/t12-,13-,20-/m0/s1. The Hall–Kier alpha value is -2.82. The zero-order valence-electron chi connectivity index (χ0n) is 17.0. The number of nitrogens with two attached hydrogens (primary N) is 1. The van der Waals surface area contributed by atoms with Crippen LogP contribution in [0.25, 0.3) is 11.3 Å². The van der Waals surface area contributed by atoms with Gasteiger partial charge in [-0.15, -0.1) is 0 Å². The predicted octanol–water partition coefficient (Wildman–Crippen LogP) is 2.64. The molecule has 0 amide bonds. The van der Waals surface area contributed by atoms with Crippen LogP contribution >= 0.6 is 0 Å². The fourth-order valence-corrected chi connectivity index (χ4v) is 4.42. The zero-order valence-corrected chi connectivity index (χ0v) is 17.0. The predicted molar refractivity (Wildman–Crippen MR) is 108 cm³/mol. The van der Waals surface area contributed by atoms with Gasteiger partial charge in [-0.05, 0) is 19.4 Å². The summed E-state index contributed by atoms with van der Waals surface area (Å²) in [7, 11) is 0. The number of halogens is 3. The van der Waals surface area contributed by atoms with Crippen molar-refractivity contribution < 1.29 is 22.6 Å². The van der Waals surface area contributed by atoms with E-state index in [1.165, 1.54) is 12.3 Å². The van der Waals surface area contributed by atoms with Crippen molar-refractivity contribution in [3.05, 3.63) is 18.3 Å². The van der Waals surface area contributed by atoms with E-state index in [0.717, 1.165) is 6.42 Å². The molecule has 2 bridgehead atoms. The summed E-state index contributed by atoms with van der Waals surface area (Å²) in [5.41, 5.74) is 5.28. The number of morpholine rings is 1. The second-order valence-electron chi connectivity index (χ2n) is 8.48. The monoisotopic (exact) mass is 436 g/mol. The molecule has 0 radical (unpaired) electrons. The van der Waals surface area contributed by atoms with Crippen molar-refractivity contribution in [3.8, 4) is 17.0 Å². The maximum absolute atomic E-state index is 14.5. The Morgan fingerprint density at radius 3 is 2.81 bits per heavy atom. The van der Waals surface area contributed by atoms with Crippen molar-refractivity contribution in [3.63, 3.8) is 0 Å². The van der Waals surface area contributed by atoms with Gasteiger partial charge in [0.15, 0.2) is 11.6 Å². The van der Waals surface area contributed by atoms with Crippen LogP contribution < -0.4 is 20.3 Å². The largest absolute Gasteiger partial charge is 0.431 e. The van der Waals surface area contributed by atoms with Crippen molar-refractivity contribution in [2.24, 2.45) is 0 Å². The van der Waals surface area contributed by atoms with E-state index in [1.807, 2.05) is 0 Å². The quantitative estimate of drug-likeness (QED) is 0.765. The highest BCUT2D eigenvalue weighted by Gasteiger charge is 2.40. The summed E-state index contributed by atoms with van der Waals surface area (Å²) in [5.74, 6) is 0.725. The Morgan fingerprint density at radius 1 is 1.32 bits per heavy atom. The molecule has 3 aliphatic heterocycles. The van der Waals surface area contributed by atoms with Crippen molar-refractivity contribution in [1.29, 1.82) is 0 Å². The number of hydrogen-bond acceptors (Lipinski definition) is 8. The number of hydrogen-bond donors (Lipinski definition) is 1. The lowest BCUT2D eigenvalue weighted by molar-refractivity contribution is -0.0494. The molecule has 2 aromatic rings. The fraction of sp³-hybridized carbons (Fsp3) is 0.550. The number of nitrogens with zero attached hydrogens (tertiary/aromatic N) is 5.